The summed E-state index contributed by atoms with van der Waals surface area (Å²) in [5.74, 6) is -0.691. The van der Waals surface area contributed by atoms with Gasteiger partial charge in [-0.15, -0.1) is 0 Å². The molecule has 9 heteroatoms. The normalized spacial score (nSPS) is 23.8. The Balaban J connectivity index is 1.90. The van der Waals surface area contributed by atoms with E-state index in [4.69, 9.17) is 10.00 Å². The van der Waals surface area contributed by atoms with Crippen LogP contribution in [0, 0.1) is 17.1 Å². The molecule has 2 unspecified atom stereocenters. The number of amides is 2. The maximum atomic E-state index is 13.7. The summed E-state index contributed by atoms with van der Waals surface area (Å²) in [5, 5.41) is 8.87. The van der Waals surface area contributed by atoms with Crippen molar-refractivity contribution >= 4 is 17.7 Å². The molecule has 2 aliphatic heterocycles. The highest BCUT2D eigenvalue weighted by atomic mass is 19.1. The summed E-state index contributed by atoms with van der Waals surface area (Å²) in [6, 6.07) is 7.88. The number of carbonyl (C=O) groups is 2. The van der Waals surface area contributed by atoms with Gasteiger partial charge in [-0.3, -0.25) is 19.5 Å². The van der Waals surface area contributed by atoms with E-state index in [1.54, 1.807) is 13.1 Å². The average Bonchev–Trinajstić information content (AvgIpc) is 2.99. The maximum absolute atomic E-state index is 13.7. The number of anilines is 1. The van der Waals surface area contributed by atoms with E-state index < -0.39 is 24.3 Å². The summed E-state index contributed by atoms with van der Waals surface area (Å²) in [4.78, 5) is 31.3. The van der Waals surface area contributed by atoms with Crippen LogP contribution in [0.4, 0.5) is 14.9 Å². The van der Waals surface area contributed by atoms with Gasteiger partial charge in [0.2, 0.25) is 12.1 Å². The van der Waals surface area contributed by atoms with E-state index in [9.17, 15) is 14.0 Å². The Morgan fingerprint density at radius 3 is 2.67 bits per heavy atom. The van der Waals surface area contributed by atoms with E-state index >= 15 is 0 Å². The summed E-state index contributed by atoms with van der Waals surface area (Å²) in [6.45, 7) is 4.25. The van der Waals surface area contributed by atoms with Crippen LogP contribution in [0.5, 0.6) is 0 Å². The van der Waals surface area contributed by atoms with Crippen LogP contribution < -0.4 is 4.90 Å². The Morgan fingerprint density at radius 2 is 2.07 bits per heavy atom. The molecular formula is C18H22FN5O3. The van der Waals surface area contributed by atoms with Crippen molar-refractivity contribution in [1.29, 1.82) is 5.26 Å². The molecule has 0 N–H and O–H groups in total. The van der Waals surface area contributed by atoms with Gasteiger partial charge in [0, 0.05) is 40.2 Å². The summed E-state index contributed by atoms with van der Waals surface area (Å²) in [7, 11) is 1.58. The number of nitrogens with zero attached hydrogens (tertiary/aromatic N) is 5. The molecule has 0 radical (unpaired) electrons. The first-order valence-electron chi connectivity index (χ1n) is 8.74. The molecule has 0 spiro atoms. The second-order valence-corrected chi connectivity index (χ2v) is 6.64. The number of likely N-dealkylation sites (N-methyl/N-ethyl adjacent to an activating group) is 1. The number of benzene rings is 1. The Kier molecular flexibility index (Phi) is 5.58. The molecule has 0 saturated carbocycles. The highest BCUT2D eigenvalue weighted by Gasteiger charge is 2.49. The molecule has 144 valence electrons. The molecule has 2 amide bonds. The van der Waals surface area contributed by atoms with E-state index in [0.717, 1.165) is 0 Å². The van der Waals surface area contributed by atoms with Crippen LogP contribution in [0.3, 0.4) is 0 Å². The first-order valence-corrected chi connectivity index (χ1v) is 8.74. The van der Waals surface area contributed by atoms with Crippen molar-refractivity contribution in [2.45, 2.75) is 19.3 Å². The fourth-order valence-electron chi connectivity index (χ4n) is 3.43. The minimum absolute atomic E-state index is 0.234. The Morgan fingerprint density at radius 1 is 1.37 bits per heavy atom. The van der Waals surface area contributed by atoms with Crippen LogP contribution in [-0.2, 0) is 9.53 Å². The van der Waals surface area contributed by atoms with Gasteiger partial charge in [-0.05, 0) is 18.2 Å². The van der Waals surface area contributed by atoms with E-state index in [0.29, 0.717) is 38.4 Å². The van der Waals surface area contributed by atoms with Crippen LogP contribution in [0.25, 0.3) is 0 Å². The number of hydrogen-bond acceptors (Lipinski definition) is 6. The van der Waals surface area contributed by atoms with Gasteiger partial charge in [-0.25, -0.2) is 9.18 Å². The monoisotopic (exact) mass is 375 g/mol. The topological polar surface area (TPSA) is 80.1 Å². The molecule has 2 fully saturated rings. The number of halogens is 1. The zero-order valence-corrected chi connectivity index (χ0v) is 15.3. The first-order chi connectivity index (χ1) is 12.9. The van der Waals surface area contributed by atoms with Crippen LogP contribution in [0.2, 0.25) is 0 Å². The maximum Gasteiger partial charge on any atom is 0.417 e. The number of cyclic esters (lactones) is 1. The first kappa shape index (κ1) is 19.1. The SMILES string of the molecule is CC(=O)N(C)C1OC(=O)N(c2cccc(F)c2)C1N1CCN(CC#N)CC1. The number of ether oxygens (including phenoxy) is 1. The third kappa shape index (κ3) is 3.86. The fraction of sp³-hybridized carbons (Fsp3) is 0.500. The van der Waals surface area contributed by atoms with E-state index in [1.165, 1.54) is 34.9 Å². The second-order valence-electron chi connectivity index (χ2n) is 6.64. The molecule has 8 nitrogen and oxygen atoms in total. The summed E-state index contributed by atoms with van der Waals surface area (Å²) < 4.78 is 19.2. The van der Waals surface area contributed by atoms with Gasteiger partial charge >= 0.3 is 6.09 Å². The molecule has 1 aromatic rings. The molecule has 3 rings (SSSR count). The molecule has 2 atom stereocenters. The molecule has 0 aromatic heterocycles. The highest BCUT2D eigenvalue weighted by molar-refractivity contribution is 5.91. The van der Waals surface area contributed by atoms with Crippen LogP contribution >= 0.6 is 0 Å². The highest BCUT2D eigenvalue weighted by Crippen LogP contribution is 2.31. The van der Waals surface area contributed by atoms with E-state index in [1.807, 2.05) is 9.80 Å². The number of nitriles is 1. The van der Waals surface area contributed by atoms with Crippen molar-refractivity contribution < 1.29 is 18.7 Å². The lowest BCUT2D eigenvalue weighted by atomic mass is 10.2. The van der Waals surface area contributed by atoms with Crippen molar-refractivity contribution in [3.05, 3.63) is 30.1 Å². The zero-order valence-electron chi connectivity index (χ0n) is 15.3. The average molecular weight is 375 g/mol. The molecular weight excluding hydrogens is 353 g/mol. The lowest BCUT2D eigenvalue weighted by molar-refractivity contribution is -0.138. The number of piperazine rings is 1. The Bertz CT molecular complexity index is 760. The minimum atomic E-state index is -0.805. The predicted octanol–water partition coefficient (Wildman–Crippen LogP) is 1.05. The Labute approximate surface area is 157 Å². The quantitative estimate of drug-likeness (QED) is 0.732. The lowest BCUT2D eigenvalue weighted by Crippen LogP contribution is -2.60. The van der Waals surface area contributed by atoms with Crippen LogP contribution in [0.1, 0.15) is 6.92 Å². The van der Waals surface area contributed by atoms with Crippen molar-refractivity contribution in [1.82, 2.24) is 14.7 Å². The standard InChI is InChI=1S/C18H22FN5O3/c1-13(25)21(2)17-16(23-10-8-22(7-6-20)9-11-23)24(18(26)27-17)15-5-3-4-14(19)12-15/h3-5,12,16-17H,7-11H2,1-2H3. The molecule has 0 aliphatic carbocycles. The minimum Gasteiger partial charge on any atom is -0.421 e. The van der Waals surface area contributed by atoms with Crippen molar-refractivity contribution in [2.75, 3.05) is 44.7 Å². The lowest BCUT2D eigenvalue weighted by Gasteiger charge is -2.41. The fourth-order valence-corrected chi connectivity index (χ4v) is 3.43. The zero-order chi connectivity index (χ0) is 19.6. The van der Waals surface area contributed by atoms with Gasteiger partial charge in [-0.2, -0.15) is 5.26 Å². The van der Waals surface area contributed by atoms with E-state index in [-0.39, 0.29) is 5.91 Å². The molecule has 27 heavy (non-hydrogen) atoms. The van der Waals surface area contributed by atoms with Crippen LogP contribution in [0.15, 0.2) is 24.3 Å². The predicted molar refractivity (Wildman–Crippen MR) is 95.0 cm³/mol. The third-order valence-electron chi connectivity index (χ3n) is 4.98. The summed E-state index contributed by atoms with van der Waals surface area (Å²) >= 11 is 0. The molecule has 1 aromatic carbocycles. The third-order valence-corrected chi connectivity index (χ3v) is 4.98. The van der Waals surface area contributed by atoms with Crippen molar-refractivity contribution in [3.8, 4) is 6.07 Å². The van der Waals surface area contributed by atoms with Gasteiger partial charge in [0.05, 0.1) is 18.3 Å². The van der Waals surface area contributed by atoms with Crippen molar-refractivity contribution in [2.24, 2.45) is 0 Å². The molecule has 2 saturated heterocycles. The number of carbonyl (C=O) groups excluding carboxylic acids is 2. The van der Waals surface area contributed by atoms with Gasteiger partial charge in [0.15, 0.2) is 6.17 Å². The van der Waals surface area contributed by atoms with Gasteiger partial charge in [0.1, 0.15) is 5.82 Å². The van der Waals surface area contributed by atoms with Gasteiger partial charge < -0.3 is 9.64 Å². The largest absolute Gasteiger partial charge is 0.421 e. The number of rotatable bonds is 4. The van der Waals surface area contributed by atoms with Crippen molar-refractivity contribution in [3.63, 3.8) is 0 Å². The van der Waals surface area contributed by atoms with Crippen LogP contribution in [-0.4, -0.2) is 78.9 Å². The van der Waals surface area contributed by atoms with Gasteiger partial charge in [-0.1, -0.05) is 6.07 Å². The smallest absolute Gasteiger partial charge is 0.417 e. The summed E-state index contributed by atoms with van der Waals surface area (Å²) in [6.07, 6.45) is -2.00. The van der Waals surface area contributed by atoms with E-state index in [2.05, 4.69) is 6.07 Å². The molecule has 2 aliphatic rings. The second kappa shape index (κ2) is 7.90. The summed E-state index contributed by atoms with van der Waals surface area (Å²) in [5.41, 5.74) is 0.379. The number of hydrogen-bond donors (Lipinski definition) is 0. The molecule has 0 bridgehead atoms. The Hall–Kier alpha value is -2.70. The molecule has 2 heterocycles. The van der Waals surface area contributed by atoms with Gasteiger partial charge in [0.25, 0.3) is 0 Å².